The second kappa shape index (κ2) is 6.29. The number of rotatable bonds is 3. The van der Waals surface area contributed by atoms with Gasteiger partial charge in [0.15, 0.2) is 0 Å². The van der Waals surface area contributed by atoms with E-state index in [1.165, 1.54) is 12.8 Å². The lowest BCUT2D eigenvalue weighted by atomic mass is 10.2. The Balaban J connectivity index is 1.53. The van der Waals surface area contributed by atoms with Crippen molar-refractivity contribution in [3.63, 3.8) is 0 Å². The highest BCUT2D eigenvalue weighted by Gasteiger charge is 2.49. The van der Waals surface area contributed by atoms with E-state index in [9.17, 15) is 9.59 Å². The fourth-order valence-electron chi connectivity index (χ4n) is 3.04. The molecule has 1 heterocycles. The van der Waals surface area contributed by atoms with Crippen molar-refractivity contribution in [1.29, 1.82) is 0 Å². The maximum Gasteiger partial charge on any atom is 0.228 e. The smallest absolute Gasteiger partial charge is 0.228 e. The van der Waals surface area contributed by atoms with Gasteiger partial charge < -0.3 is 10.2 Å². The van der Waals surface area contributed by atoms with Crippen LogP contribution < -0.4 is 5.32 Å². The Morgan fingerprint density at radius 1 is 0.952 bits per heavy atom. The average Bonchev–Trinajstić information content (AvgIpc) is 3.32. The number of hydrogen-bond donors (Lipinski definition) is 1. The highest BCUT2D eigenvalue weighted by Crippen LogP contribution is 2.41. The summed E-state index contributed by atoms with van der Waals surface area (Å²) in [5, 5.41) is 2.89. The van der Waals surface area contributed by atoms with E-state index in [1.807, 2.05) is 35.2 Å². The predicted octanol–water partition coefficient (Wildman–Crippen LogP) is 2.66. The van der Waals surface area contributed by atoms with Gasteiger partial charge in [-0.05, 0) is 31.4 Å². The molecule has 3 rings (SSSR count). The molecule has 1 aliphatic heterocycles. The molecule has 2 fully saturated rings. The van der Waals surface area contributed by atoms with Gasteiger partial charge in [0.05, 0.1) is 11.8 Å². The second-order valence-electron chi connectivity index (χ2n) is 6.04. The van der Waals surface area contributed by atoms with Crippen LogP contribution in [-0.4, -0.2) is 29.8 Å². The Bertz CT molecular complexity index is 507. The first-order valence-corrected chi connectivity index (χ1v) is 7.90. The van der Waals surface area contributed by atoms with E-state index in [2.05, 4.69) is 5.32 Å². The SMILES string of the molecule is O=C(Nc1ccccc1)C1CC1C(=O)N1CCCCCC1. The van der Waals surface area contributed by atoms with E-state index < -0.39 is 0 Å². The first kappa shape index (κ1) is 14.1. The van der Waals surface area contributed by atoms with Gasteiger partial charge in [-0.3, -0.25) is 9.59 Å². The summed E-state index contributed by atoms with van der Waals surface area (Å²) in [7, 11) is 0. The summed E-state index contributed by atoms with van der Waals surface area (Å²) in [6.07, 6.45) is 5.32. The number of benzene rings is 1. The van der Waals surface area contributed by atoms with Gasteiger partial charge in [0.25, 0.3) is 0 Å². The van der Waals surface area contributed by atoms with E-state index in [-0.39, 0.29) is 23.7 Å². The molecule has 0 bridgehead atoms. The van der Waals surface area contributed by atoms with Gasteiger partial charge in [-0.2, -0.15) is 0 Å². The predicted molar refractivity (Wildman–Crippen MR) is 81.7 cm³/mol. The van der Waals surface area contributed by atoms with Gasteiger partial charge in [0, 0.05) is 18.8 Å². The zero-order valence-electron chi connectivity index (χ0n) is 12.3. The summed E-state index contributed by atoms with van der Waals surface area (Å²) in [4.78, 5) is 26.6. The van der Waals surface area contributed by atoms with Crippen LogP contribution in [0.4, 0.5) is 5.69 Å². The lowest BCUT2D eigenvalue weighted by Crippen LogP contribution is -2.34. The zero-order valence-corrected chi connectivity index (χ0v) is 12.3. The van der Waals surface area contributed by atoms with Crippen LogP contribution in [0.15, 0.2) is 30.3 Å². The maximum atomic E-state index is 12.4. The zero-order chi connectivity index (χ0) is 14.7. The minimum atomic E-state index is -0.138. The molecule has 0 radical (unpaired) electrons. The Hall–Kier alpha value is -1.84. The normalized spacial score (nSPS) is 25.0. The molecule has 2 aliphatic rings. The van der Waals surface area contributed by atoms with Gasteiger partial charge >= 0.3 is 0 Å². The third kappa shape index (κ3) is 3.43. The third-order valence-electron chi connectivity index (χ3n) is 4.40. The standard InChI is InChI=1S/C17H22N2O2/c20-16(18-13-8-4-3-5-9-13)14-12-15(14)17(21)19-10-6-1-2-7-11-19/h3-5,8-9,14-15H,1-2,6-7,10-12H2,(H,18,20). The van der Waals surface area contributed by atoms with E-state index in [0.29, 0.717) is 6.42 Å². The van der Waals surface area contributed by atoms with Crippen LogP contribution in [0.25, 0.3) is 0 Å². The van der Waals surface area contributed by atoms with Crippen LogP contribution in [0.1, 0.15) is 32.1 Å². The molecule has 21 heavy (non-hydrogen) atoms. The molecular formula is C17H22N2O2. The number of amides is 2. The number of para-hydroxylation sites is 1. The second-order valence-corrected chi connectivity index (χ2v) is 6.04. The topological polar surface area (TPSA) is 49.4 Å². The lowest BCUT2D eigenvalue weighted by molar-refractivity contribution is -0.134. The van der Waals surface area contributed by atoms with Crippen molar-refractivity contribution in [3.8, 4) is 0 Å². The highest BCUT2D eigenvalue weighted by molar-refractivity contribution is 5.99. The molecule has 2 amide bonds. The maximum absolute atomic E-state index is 12.4. The largest absolute Gasteiger partial charge is 0.342 e. The molecule has 1 saturated heterocycles. The summed E-state index contributed by atoms with van der Waals surface area (Å²) in [5.41, 5.74) is 0.801. The Morgan fingerprint density at radius 3 is 2.29 bits per heavy atom. The fraction of sp³-hybridized carbons (Fsp3) is 0.529. The summed E-state index contributed by atoms with van der Waals surface area (Å²) >= 11 is 0. The number of carbonyl (C=O) groups excluding carboxylic acids is 2. The van der Waals surface area contributed by atoms with Crippen molar-refractivity contribution in [2.24, 2.45) is 11.8 Å². The van der Waals surface area contributed by atoms with Crippen LogP contribution in [0.5, 0.6) is 0 Å². The number of carbonyl (C=O) groups is 2. The molecule has 1 saturated carbocycles. The van der Waals surface area contributed by atoms with Crippen molar-refractivity contribution >= 4 is 17.5 Å². The molecule has 0 spiro atoms. The molecule has 1 aromatic rings. The molecule has 1 aliphatic carbocycles. The van der Waals surface area contributed by atoms with E-state index in [0.717, 1.165) is 31.6 Å². The van der Waals surface area contributed by atoms with Crippen LogP contribution in [0, 0.1) is 11.8 Å². The molecule has 4 heteroatoms. The molecule has 0 aromatic heterocycles. The molecular weight excluding hydrogens is 264 g/mol. The first-order chi connectivity index (χ1) is 10.3. The number of nitrogens with one attached hydrogen (secondary N) is 1. The summed E-state index contributed by atoms with van der Waals surface area (Å²) in [5.74, 6) is -0.0627. The van der Waals surface area contributed by atoms with Crippen molar-refractivity contribution in [2.75, 3.05) is 18.4 Å². The number of anilines is 1. The third-order valence-corrected chi connectivity index (χ3v) is 4.40. The minimum absolute atomic E-state index is 0.0191. The van der Waals surface area contributed by atoms with Crippen molar-refractivity contribution in [1.82, 2.24) is 4.90 Å². The first-order valence-electron chi connectivity index (χ1n) is 7.90. The molecule has 112 valence electrons. The lowest BCUT2D eigenvalue weighted by Gasteiger charge is -2.20. The van der Waals surface area contributed by atoms with E-state index in [1.54, 1.807) is 0 Å². The Labute approximate surface area is 125 Å². The van der Waals surface area contributed by atoms with Crippen LogP contribution in [-0.2, 0) is 9.59 Å². The van der Waals surface area contributed by atoms with Crippen molar-refractivity contribution in [2.45, 2.75) is 32.1 Å². The number of hydrogen-bond acceptors (Lipinski definition) is 2. The minimum Gasteiger partial charge on any atom is -0.342 e. The Morgan fingerprint density at radius 2 is 1.62 bits per heavy atom. The van der Waals surface area contributed by atoms with Crippen LogP contribution >= 0.6 is 0 Å². The summed E-state index contributed by atoms with van der Waals surface area (Å²) < 4.78 is 0. The van der Waals surface area contributed by atoms with Gasteiger partial charge in [0.1, 0.15) is 0 Å². The van der Waals surface area contributed by atoms with Crippen molar-refractivity contribution < 1.29 is 9.59 Å². The van der Waals surface area contributed by atoms with Crippen molar-refractivity contribution in [3.05, 3.63) is 30.3 Å². The monoisotopic (exact) mass is 286 g/mol. The van der Waals surface area contributed by atoms with Crippen LogP contribution in [0.2, 0.25) is 0 Å². The quantitative estimate of drug-likeness (QED) is 0.928. The number of likely N-dealkylation sites (tertiary alicyclic amines) is 1. The average molecular weight is 286 g/mol. The number of nitrogens with zero attached hydrogens (tertiary/aromatic N) is 1. The molecule has 1 N–H and O–H groups in total. The fourth-order valence-corrected chi connectivity index (χ4v) is 3.04. The Kier molecular flexibility index (Phi) is 4.23. The highest BCUT2D eigenvalue weighted by atomic mass is 16.2. The molecule has 2 unspecified atom stereocenters. The van der Waals surface area contributed by atoms with Crippen LogP contribution in [0.3, 0.4) is 0 Å². The summed E-state index contributed by atoms with van der Waals surface area (Å²) in [6, 6.07) is 9.43. The summed E-state index contributed by atoms with van der Waals surface area (Å²) in [6.45, 7) is 1.73. The molecule has 4 nitrogen and oxygen atoms in total. The van der Waals surface area contributed by atoms with Gasteiger partial charge in [0.2, 0.25) is 11.8 Å². The van der Waals surface area contributed by atoms with E-state index in [4.69, 9.17) is 0 Å². The molecule has 1 aromatic carbocycles. The van der Waals surface area contributed by atoms with E-state index >= 15 is 0 Å². The van der Waals surface area contributed by atoms with Gasteiger partial charge in [-0.25, -0.2) is 0 Å². The van der Waals surface area contributed by atoms with Gasteiger partial charge in [-0.1, -0.05) is 31.0 Å². The van der Waals surface area contributed by atoms with Gasteiger partial charge in [-0.15, -0.1) is 0 Å². The molecule has 2 atom stereocenters.